The molecule has 0 unspecified atom stereocenters. The molecule has 33 heavy (non-hydrogen) atoms. The van der Waals surface area contributed by atoms with E-state index in [0.29, 0.717) is 12.8 Å². The van der Waals surface area contributed by atoms with Crippen LogP contribution in [-0.4, -0.2) is 33.2 Å². The lowest BCUT2D eigenvalue weighted by atomic mass is 9.45. The molecule has 1 aliphatic heterocycles. The number of ketones is 1. The third-order valence-corrected chi connectivity index (χ3v) is 10.2. The molecule has 0 spiro atoms. The topological polar surface area (TPSA) is 83.8 Å². The fourth-order valence-electron chi connectivity index (χ4n) is 7.67. The zero-order valence-electron chi connectivity index (χ0n) is 20.4. The third kappa shape index (κ3) is 2.78. The lowest BCUT2D eigenvalue weighted by Gasteiger charge is -2.60. The highest BCUT2D eigenvalue weighted by atomic mass is 16.6. The molecular weight excluding hydrogens is 416 g/mol. The fourth-order valence-corrected chi connectivity index (χ4v) is 7.67. The number of carbonyl (C=O) groups excluding carboxylic acids is 2. The molecule has 0 aromatic heterocycles. The summed E-state index contributed by atoms with van der Waals surface area (Å²) in [5, 5.41) is 24.0. The number of esters is 1. The van der Waals surface area contributed by atoms with Crippen molar-refractivity contribution in [3.63, 3.8) is 0 Å². The van der Waals surface area contributed by atoms with E-state index in [1.165, 1.54) is 5.57 Å². The number of ether oxygens (including phenoxy) is 1. The van der Waals surface area contributed by atoms with Crippen molar-refractivity contribution in [2.24, 2.45) is 34.5 Å². The van der Waals surface area contributed by atoms with E-state index < -0.39 is 22.0 Å². The highest BCUT2D eigenvalue weighted by Gasteiger charge is 2.67. The second kappa shape index (κ2) is 7.02. The maximum Gasteiger partial charge on any atom is 0.314 e. The smallest absolute Gasteiger partial charge is 0.314 e. The molecule has 0 bridgehead atoms. The molecule has 5 aliphatic rings. The van der Waals surface area contributed by atoms with Crippen molar-refractivity contribution in [2.45, 2.75) is 77.9 Å². The Balaban J connectivity index is 1.52. The predicted octanol–water partition coefficient (Wildman–Crippen LogP) is 4.41. The molecule has 5 nitrogen and oxygen atoms in total. The van der Waals surface area contributed by atoms with Gasteiger partial charge in [0.1, 0.15) is 11.4 Å². The van der Waals surface area contributed by atoms with Gasteiger partial charge in [-0.2, -0.15) is 0 Å². The molecule has 1 fully saturated rings. The highest BCUT2D eigenvalue weighted by Crippen LogP contribution is 2.67. The first-order chi connectivity index (χ1) is 15.4. The van der Waals surface area contributed by atoms with Crippen molar-refractivity contribution in [3.05, 3.63) is 47.3 Å². The second-order valence-corrected chi connectivity index (χ2v) is 11.6. The van der Waals surface area contributed by atoms with E-state index in [1.54, 1.807) is 13.0 Å². The highest BCUT2D eigenvalue weighted by molar-refractivity contribution is 5.98. The van der Waals surface area contributed by atoms with Crippen LogP contribution in [0.15, 0.2) is 47.3 Å². The molecule has 4 aliphatic carbocycles. The van der Waals surface area contributed by atoms with Gasteiger partial charge in [0.2, 0.25) is 0 Å². The van der Waals surface area contributed by atoms with E-state index in [4.69, 9.17) is 4.74 Å². The van der Waals surface area contributed by atoms with Gasteiger partial charge in [-0.1, -0.05) is 44.6 Å². The monoisotopic (exact) mass is 452 g/mol. The van der Waals surface area contributed by atoms with Crippen LogP contribution < -0.4 is 0 Å². The summed E-state index contributed by atoms with van der Waals surface area (Å²) in [6.45, 7) is 9.56. The summed E-state index contributed by atoms with van der Waals surface area (Å²) in [5.74, 6) is -0.222. The Hall–Kier alpha value is -1.98. The van der Waals surface area contributed by atoms with Gasteiger partial charge in [0.15, 0.2) is 5.78 Å². The SMILES string of the molecule is C[C@@H]1C=C([C@](C)(O)C2=CC[C@@]3(O)[C@@H]4CC=C5CC=CC(=O)[C@]5(C)[C@H]4CC[C@]23C)OC(=O)[C@H]1C. The number of carbonyl (C=O) groups is 2. The first kappa shape index (κ1) is 22.8. The summed E-state index contributed by atoms with van der Waals surface area (Å²) < 4.78 is 5.60. The van der Waals surface area contributed by atoms with Crippen molar-refractivity contribution < 1.29 is 24.5 Å². The molecule has 0 saturated heterocycles. The molecule has 5 heteroatoms. The summed E-state index contributed by atoms with van der Waals surface area (Å²) >= 11 is 0. The fraction of sp³-hybridized carbons (Fsp3) is 0.643. The minimum atomic E-state index is -1.49. The maximum absolute atomic E-state index is 13.1. The van der Waals surface area contributed by atoms with E-state index in [1.807, 2.05) is 39.0 Å². The van der Waals surface area contributed by atoms with Gasteiger partial charge in [0.25, 0.3) is 0 Å². The predicted molar refractivity (Wildman–Crippen MR) is 125 cm³/mol. The second-order valence-electron chi connectivity index (χ2n) is 11.6. The number of aliphatic hydroxyl groups is 2. The summed E-state index contributed by atoms with van der Waals surface area (Å²) in [6.07, 6.45) is 13.1. The van der Waals surface area contributed by atoms with Gasteiger partial charge in [-0.25, -0.2) is 0 Å². The van der Waals surface area contributed by atoms with Gasteiger partial charge in [-0.05, 0) is 81.4 Å². The van der Waals surface area contributed by atoms with Gasteiger partial charge in [0, 0.05) is 5.41 Å². The van der Waals surface area contributed by atoms with Gasteiger partial charge < -0.3 is 14.9 Å². The van der Waals surface area contributed by atoms with Crippen molar-refractivity contribution >= 4 is 11.8 Å². The molecule has 0 aromatic rings. The van der Waals surface area contributed by atoms with Crippen LogP contribution >= 0.6 is 0 Å². The van der Waals surface area contributed by atoms with Crippen molar-refractivity contribution in [1.82, 2.24) is 0 Å². The third-order valence-electron chi connectivity index (χ3n) is 10.2. The summed E-state index contributed by atoms with van der Waals surface area (Å²) in [6, 6.07) is 0. The first-order valence-corrected chi connectivity index (χ1v) is 12.4. The molecule has 1 saturated carbocycles. The largest absolute Gasteiger partial charge is 0.428 e. The minimum absolute atomic E-state index is 0.0376. The number of cyclic esters (lactones) is 1. The van der Waals surface area contributed by atoms with E-state index in [-0.39, 0.29) is 41.2 Å². The normalized spacial score (nSPS) is 46.2. The van der Waals surface area contributed by atoms with E-state index in [2.05, 4.69) is 13.0 Å². The van der Waals surface area contributed by atoms with Gasteiger partial charge in [-0.15, -0.1) is 0 Å². The Morgan fingerprint density at radius 1 is 1.15 bits per heavy atom. The van der Waals surface area contributed by atoms with Crippen LogP contribution in [0.2, 0.25) is 0 Å². The van der Waals surface area contributed by atoms with E-state index in [0.717, 1.165) is 24.8 Å². The van der Waals surface area contributed by atoms with Crippen LogP contribution in [0.3, 0.4) is 0 Å². The molecule has 2 N–H and O–H groups in total. The Morgan fingerprint density at radius 3 is 2.58 bits per heavy atom. The molecule has 8 atom stereocenters. The van der Waals surface area contributed by atoms with Crippen LogP contribution in [0.25, 0.3) is 0 Å². The van der Waals surface area contributed by atoms with Crippen LogP contribution in [-0.2, 0) is 14.3 Å². The average Bonchev–Trinajstić information content (AvgIpc) is 3.04. The summed E-state index contributed by atoms with van der Waals surface area (Å²) in [5.41, 5.74) is -1.88. The Labute approximate surface area is 196 Å². The minimum Gasteiger partial charge on any atom is -0.428 e. The molecule has 1 heterocycles. The first-order valence-electron chi connectivity index (χ1n) is 12.4. The van der Waals surface area contributed by atoms with Crippen LogP contribution in [0.1, 0.15) is 66.7 Å². The van der Waals surface area contributed by atoms with Gasteiger partial charge in [0.05, 0.1) is 16.9 Å². The standard InChI is InChI=1S/C28H36O5/c1-16-15-23(33-24(30)17(16)2)27(5,31)21-12-14-28(32)20-10-9-18-7-6-8-22(29)26(18,4)19(20)11-13-25(21,28)3/h6,8-9,12,15-17,19-20,31-32H,7,10-11,13-14H2,1-5H3/t16-,17+,19+,20-,25-,26+,27-,28-/m1/s1. The van der Waals surface area contributed by atoms with E-state index >= 15 is 0 Å². The molecule has 0 aromatic carbocycles. The number of hydrogen-bond acceptors (Lipinski definition) is 5. The average molecular weight is 453 g/mol. The van der Waals surface area contributed by atoms with E-state index in [9.17, 15) is 19.8 Å². The van der Waals surface area contributed by atoms with Crippen LogP contribution in [0.4, 0.5) is 0 Å². The zero-order chi connectivity index (χ0) is 24.0. The van der Waals surface area contributed by atoms with Gasteiger partial charge in [-0.3, -0.25) is 9.59 Å². The molecule has 0 amide bonds. The van der Waals surface area contributed by atoms with Crippen molar-refractivity contribution in [2.75, 3.05) is 0 Å². The summed E-state index contributed by atoms with van der Waals surface area (Å²) in [7, 11) is 0. The Bertz CT molecular complexity index is 1040. The van der Waals surface area contributed by atoms with Crippen molar-refractivity contribution in [1.29, 1.82) is 0 Å². The number of rotatable bonds is 2. The quantitative estimate of drug-likeness (QED) is 0.479. The number of hydrogen-bond donors (Lipinski definition) is 2. The van der Waals surface area contributed by atoms with Crippen LogP contribution in [0, 0.1) is 34.5 Å². The zero-order valence-corrected chi connectivity index (χ0v) is 20.4. The summed E-state index contributed by atoms with van der Waals surface area (Å²) in [4.78, 5) is 25.5. The molecule has 178 valence electrons. The lowest BCUT2D eigenvalue weighted by molar-refractivity contribution is -0.169. The maximum atomic E-state index is 13.1. The Morgan fingerprint density at radius 2 is 1.88 bits per heavy atom. The number of allylic oxidation sites excluding steroid dienone is 5. The number of fused-ring (bicyclic) bond motifs is 5. The van der Waals surface area contributed by atoms with Crippen LogP contribution in [0.5, 0.6) is 0 Å². The van der Waals surface area contributed by atoms with Gasteiger partial charge >= 0.3 is 5.97 Å². The Kier molecular flexibility index (Phi) is 4.85. The van der Waals surface area contributed by atoms with Crippen molar-refractivity contribution in [3.8, 4) is 0 Å². The molecular formula is C28H36O5. The lowest BCUT2D eigenvalue weighted by Crippen LogP contribution is -2.62. The molecule has 5 rings (SSSR count). The molecule has 0 radical (unpaired) electrons.